The van der Waals surface area contributed by atoms with Crippen molar-refractivity contribution in [3.05, 3.63) is 90.1 Å². The highest BCUT2D eigenvalue weighted by Crippen LogP contribution is 2.44. The van der Waals surface area contributed by atoms with Gasteiger partial charge in [-0.15, -0.1) is 0 Å². The quantitative estimate of drug-likeness (QED) is 0.185. The van der Waals surface area contributed by atoms with E-state index in [1.807, 2.05) is 6.20 Å². The Morgan fingerprint density at radius 2 is 1.51 bits per heavy atom. The van der Waals surface area contributed by atoms with Crippen LogP contribution in [0.2, 0.25) is 11.6 Å². The van der Waals surface area contributed by atoms with Crippen LogP contribution in [0.15, 0.2) is 83.4 Å². The highest BCUT2D eigenvalue weighted by Gasteiger charge is 2.49. The van der Waals surface area contributed by atoms with E-state index < -0.39 is 8.07 Å². The van der Waals surface area contributed by atoms with Crippen molar-refractivity contribution < 1.29 is 4.42 Å². The van der Waals surface area contributed by atoms with Gasteiger partial charge >= 0.3 is 0 Å². The molecule has 0 aliphatic heterocycles. The van der Waals surface area contributed by atoms with E-state index in [1.165, 1.54) is 77.2 Å². The number of hydrogen-bond acceptors (Lipinski definition) is 2. The number of furan rings is 1. The van der Waals surface area contributed by atoms with E-state index >= 15 is 0 Å². The van der Waals surface area contributed by atoms with Gasteiger partial charge in [0.05, 0.1) is 5.38 Å². The third-order valence-corrected chi connectivity index (χ3v) is 15.7. The van der Waals surface area contributed by atoms with Crippen LogP contribution in [0.25, 0.3) is 33.0 Å². The zero-order valence-electron chi connectivity index (χ0n) is 27.4. The predicted molar refractivity (Wildman–Crippen MR) is 188 cm³/mol. The van der Waals surface area contributed by atoms with E-state index in [4.69, 9.17) is 9.40 Å². The number of aryl methyl sites for hydroxylation is 1. The lowest BCUT2D eigenvalue weighted by Gasteiger charge is -2.42. The van der Waals surface area contributed by atoms with Crippen molar-refractivity contribution >= 4 is 40.4 Å². The molecule has 1 aliphatic rings. The highest BCUT2D eigenvalue weighted by atomic mass is 28.3. The van der Waals surface area contributed by atoms with Gasteiger partial charge in [0.15, 0.2) is 13.7 Å². The van der Waals surface area contributed by atoms with Crippen LogP contribution in [0, 0.1) is 12.3 Å². The van der Waals surface area contributed by atoms with Crippen molar-refractivity contribution in [2.45, 2.75) is 104 Å². The number of nitrogens with zero attached hydrogens (tertiary/aromatic N) is 1. The monoisotopic (exact) mass is 587 g/mol. The molecule has 1 unspecified atom stereocenters. The summed E-state index contributed by atoms with van der Waals surface area (Å²) in [5, 5.41) is 6.65. The second kappa shape index (κ2) is 11.4. The van der Waals surface area contributed by atoms with Gasteiger partial charge in [0.1, 0.15) is 5.69 Å². The first-order valence-corrected chi connectivity index (χ1v) is 18.8. The molecule has 3 aromatic carbocycles. The fraction of sp³-hybridized carbons (Fsp3) is 0.425. The SMILES string of the molecule is Cc1c([Si](CCC(C)(C)C)(c2ccccc2)C2CCCCC2)oc2c(-c3cc(C(C)(C)C)c4ccccc4c3)nccc12. The second-order valence-corrected chi connectivity index (χ2v) is 19.6. The molecular weight excluding hydrogens is 539 g/mol. The number of pyridine rings is 1. The molecule has 1 atom stereocenters. The third-order valence-electron chi connectivity index (χ3n) is 10.1. The van der Waals surface area contributed by atoms with E-state index in [0.717, 1.165) is 16.8 Å². The van der Waals surface area contributed by atoms with Gasteiger partial charge in [-0.2, -0.15) is 0 Å². The minimum Gasteiger partial charge on any atom is -0.463 e. The first kappa shape index (κ1) is 29.9. The van der Waals surface area contributed by atoms with Crippen molar-refractivity contribution in [1.29, 1.82) is 0 Å². The Morgan fingerprint density at radius 1 is 0.814 bits per heavy atom. The first-order chi connectivity index (χ1) is 20.5. The van der Waals surface area contributed by atoms with Crippen LogP contribution in [0.5, 0.6) is 0 Å². The fourth-order valence-corrected chi connectivity index (χ4v) is 14.2. The van der Waals surface area contributed by atoms with Gasteiger partial charge in [-0.25, -0.2) is 0 Å². The van der Waals surface area contributed by atoms with E-state index in [9.17, 15) is 0 Å². The molecule has 1 aliphatic carbocycles. The van der Waals surface area contributed by atoms with E-state index in [-0.39, 0.29) is 10.8 Å². The van der Waals surface area contributed by atoms with E-state index in [2.05, 4.69) is 121 Å². The molecule has 5 aromatic rings. The van der Waals surface area contributed by atoms with Crippen molar-refractivity contribution in [2.75, 3.05) is 0 Å². The molecule has 43 heavy (non-hydrogen) atoms. The predicted octanol–water partition coefficient (Wildman–Crippen LogP) is 10.6. The average Bonchev–Trinajstić information content (AvgIpc) is 3.33. The molecule has 6 rings (SSSR count). The summed E-state index contributed by atoms with van der Waals surface area (Å²) < 4.78 is 7.36. The Balaban J connectivity index is 1.62. The van der Waals surface area contributed by atoms with Crippen LogP contribution in [0.4, 0.5) is 0 Å². The lowest BCUT2D eigenvalue weighted by atomic mass is 9.82. The largest absolute Gasteiger partial charge is 0.463 e. The number of hydrogen-bond donors (Lipinski definition) is 0. The Bertz CT molecular complexity index is 1730. The van der Waals surface area contributed by atoms with Gasteiger partial charge in [-0.05, 0) is 69.4 Å². The van der Waals surface area contributed by atoms with Gasteiger partial charge in [0.2, 0.25) is 0 Å². The van der Waals surface area contributed by atoms with Crippen molar-refractivity contribution in [3.63, 3.8) is 0 Å². The summed E-state index contributed by atoms with van der Waals surface area (Å²) in [7, 11) is -2.29. The molecule has 0 spiro atoms. The standard InChI is InChI=1S/C40H49NOSi/c1-28-33-22-24-41-36(30-26-29-16-14-15-21-34(29)35(27-30)40(5,6)7)37(33)42-38(28)43(25-23-39(2,3)4,31-17-10-8-11-18-31)32-19-12-9-13-20-32/h8,10-11,14-18,21-22,24,26-27,32H,9,12-13,19-20,23,25H2,1-7H3. The summed E-state index contributed by atoms with van der Waals surface area (Å²) in [4.78, 5) is 5.04. The Kier molecular flexibility index (Phi) is 7.92. The van der Waals surface area contributed by atoms with Gasteiger partial charge in [0.25, 0.3) is 0 Å². The summed E-state index contributed by atoms with van der Waals surface area (Å²) in [5.41, 5.74) is 6.74. The zero-order chi connectivity index (χ0) is 30.4. The van der Waals surface area contributed by atoms with Crippen LogP contribution in [0.3, 0.4) is 0 Å². The molecule has 2 nitrogen and oxygen atoms in total. The van der Waals surface area contributed by atoms with Gasteiger partial charge in [-0.1, -0.05) is 140 Å². The van der Waals surface area contributed by atoms with Crippen LogP contribution < -0.4 is 10.6 Å². The molecule has 0 amide bonds. The lowest BCUT2D eigenvalue weighted by molar-refractivity contribution is 0.392. The topological polar surface area (TPSA) is 26.0 Å². The van der Waals surface area contributed by atoms with Crippen molar-refractivity contribution in [1.82, 2.24) is 4.98 Å². The van der Waals surface area contributed by atoms with Crippen molar-refractivity contribution in [3.8, 4) is 11.3 Å². The summed E-state index contributed by atoms with van der Waals surface area (Å²) in [6.07, 6.45) is 9.85. The zero-order valence-corrected chi connectivity index (χ0v) is 28.4. The lowest BCUT2D eigenvalue weighted by Crippen LogP contribution is -2.62. The van der Waals surface area contributed by atoms with Crippen LogP contribution >= 0.6 is 0 Å². The molecule has 1 fully saturated rings. The minimum atomic E-state index is -2.29. The van der Waals surface area contributed by atoms with E-state index in [1.54, 1.807) is 5.19 Å². The maximum atomic E-state index is 7.36. The maximum Gasteiger partial charge on any atom is 0.166 e. The molecule has 0 radical (unpaired) electrons. The minimum absolute atomic E-state index is 0.0110. The van der Waals surface area contributed by atoms with Gasteiger partial charge in [0, 0.05) is 17.1 Å². The molecule has 0 N–H and O–H groups in total. The summed E-state index contributed by atoms with van der Waals surface area (Å²) in [6.45, 7) is 16.5. The second-order valence-electron chi connectivity index (χ2n) is 15.3. The van der Waals surface area contributed by atoms with Crippen LogP contribution in [-0.2, 0) is 5.41 Å². The smallest absolute Gasteiger partial charge is 0.166 e. The van der Waals surface area contributed by atoms with Gasteiger partial charge in [-0.3, -0.25) is 4.98 Å². The number of benzene rings is 3. The first-order valence-electron chi connectivity index (χ1n) is 16.5. The average molecular weight is 588 g/mol. The number of rotatable bonds is 6. The summed E-state index contributed by atoms with van der Waals surface area (Å²) >= 11 is 0. The highest BCUT2D eigenvalue weighted by molar-refractivity contribution is 7.03. The number of aromatic nitrogens is 1. The molecule has 1 saturated carbocycles. The Hall–Kier alpha value is -3.17. The van der Waals surface area contributed by atoms with Crippen LogP contribution in [-0.4, -0.2) is 13.1 Å². The van der Waals surface area contributed by atoms with Crippen molar-refractivity contribution in [2.24, 2.45) is 5.41 Å². The van der Waals surface area contributed by atoms with Crippen LogP contribution in [0.1, 0.15) is 91.2 Å². The molecule has 0 saturated heterocycles. The number of fused-ring (bicyclic) bond motifs is 2. The molecule has 224 valence electrons. The van der Waals surface area contributed by atoms with E-state index in [0.29, 0.717) is 5.54 Å². The maximum absolute atomic E-state index is 7.36. The third kappa shape index (κ3) is 5.62. The van der Waals surface area contributed by atoms with Gasteiger partial charge < -0.3 is 4.42 Å². The molecule has 2 aromatic heterocycles. The molecular formula is C40H49NOSi. The molecule has 0 bridgehead atoms. The molecule has 2 heterocycles. The normalized spacial score (nSPS) is 16.5. The Morgan fingerprint density at radius 3 is 2.21 bits per heavy atom. The molecule has 3 heteroatoms. The Labute approximate surface area is 260 Å². The summed E-state index contributed by atoms with van der Waals surface area (Å²) in [5.74, 6) is 0. The fourth-order valence-electron chi connectivity index (χ4n) is 7.76. The summed E-state index contributed by atoms with van der Waals surface area (Å²) in [6, 6.07) is 28.4.